The Kier molecular flexibility index (Phi) is 9.51. The molecule has 0 bridgehead atoms. The second-order valence-corrected chi connectivity index (χ2v) is 9.96. The Labute approximate surface area is 148 Å². The van der Waals surface area contributed by atoms with Crippen LogP contribution >= 0.6 is 0 Å². The van der Waals surface area contributed by atoms with Crippen molar-refractivity contribution in [1.82, 2.24) is 0 Å². The summed E-state index contributed by atoms with van der Waals surface area (Å²) in [7, 11) is 0.858. The predicted molar refractivity (Wildman–Crippen MR) is 98.4 cm³/mol. The van der Waals surface area contributed by atoms with Crippen LogP contribution in [0.1, 0.15) is 53.4 Å². The average Bonchev–Trinajstić information content (AvgIpc) is 2.48. The molecule has 0 heterocycles. The molecule has 0 aliphatic carbocycles. The highest BCUT2D eigenvalue weighted by Gasteiger charge is 2.49. The zero-order valence-corrected chi connectivity index (χ0v) is 17.7. The lowest BCUT2D eigenvalue weighted by molar-refractivity contribution is -0.178. The first kappa shape index (κ1) is 22.9. The lowest BCUT2D eigenvalue weighted by atomic mass is 9.89. The molecule has 0 aromatic rings. The van der Waals surface area contributed by atoms with Gasteiger partial charge < -0.3 is 13.9 Å². The van der Waals surface area contributed by atoms with E-state index in [4.69, 9.17) is 13.9 Å². The molecular formula is C18H34O5Si. The van der Waals surface area contributed by atoms with E-state index >= 15 is 0 Å². The minimum absolute atomic E-state index is 0.232. The Balaban J connectivity index is 5.15. The van der Waals surface area contributed by atoms with Crippen molar-refractivity contribution in [2.45, 2.75) is 72.1 Å². The molecule has 0 N–H and O–H groups in total. The van der Waals surface area contributed by atoms with Gasteiger partial charge in [0, 0.05) is 6.42 Å². The van der Waals surface area contributed by atoms with Crippen molar-refractivity contribution in [3.63, 3.8) is 0 Å². The molecular weight excluding hydrogens is 324 g/mol. The highest BCUT2D eigenvalue weighted by Crippen LogP contribution is 2.27. The van der Waals surface area contributed by atoms with Crippen molar-refractivity contribution >= 4 is 21.0 Å². The van der Waals surface area contributed by atoms with Gasteiger partial charge >= 0.3 is 11.9 Å². The van der Waals surface area contributed by atoms with E-state index in [0.29, 0.717) is 6.42 Å². The molecule has 0 aliphatic heterocycles. The Hall–Kier alpha value is -1.14. The molecule has 0 aromatic carbocycles. The first-order valence-electron chi connectivity index (χ1n) is 8.49. The Morgan fingerprint density at radius 2 is 1.50 bits per heavy atom. The fourth-order valence-electron chi connectivity index (χ4n) is 2.40. The van der Waals surface area contributed by atoms with Gasteiger partial charge in [-0.3, -0.25) is 0 Å². The fourth-order valence-corrected chi connectivity index (χ4v) is 3.52. The molecule has 0 aliphatic rings. The minimum Gasteiger partial charge on any atom is -0.466 e. The van der Waals surface area contributed by atoms with Crippen molar-refractivity contribution < 1.29 is 23.5 Å². The monoisotopic (exact) mass is 358 g/mol. The van der Waals surface area contributed by atoms with Crippen LogP contribution in [-0.2, 0) is 23.5 Å². The summed E-state index contributed by atoms with van der Waals surface area (Å²) in [6, 6.07) is 0. The summed E-state index contributed by atoms with van der Waals surface area (Å²) in [5, 5.41) is 0. The number of carbonyl (C=O) groups excluding carboxylic acids is 2. The van der Waals surface area contributed by atoms with Gasteiger partial charge in [-0.1, -0.05) is 32.4 Å². The van der Waals surface area contributed by atoms with E-state index < -0.39 is 26.6 Å². The second kappa shape index (κ2) is 9.99. The third-order valence-corrected chi connectivity index (χ3v) is 4.60. The van der Waals surface area contributed by atoms with Gasteiger partial charge in [-0.15, -0.1) is 0 Å². The number of methoxy groups -OCH3 is 2. The number of esters is 2. The SMILES string of the molecule is COC(=O)C(CCC(C)=CCCC(C)(C)C)(O[SiH](C)C)C(=O)OC. The van der Waals surface area contributed by atoms with E-state index in [-0.39, 0.29) is 11.8 Å². The summed E-state index contributed by atoms with van der Waals surface area (Å²) in [5.74, 6) is -1.36. The molecule has 0 unspecified atom stereocenters. The molecule has 0 spiro atoms. The van der Waals surface area contributed by atoms with Gasteiger partial charge in [-0.25, -0.2) is 9.59 Å². The normalized spacial score (nSPS) is 13.1. The van der Waals surface area contributed by atoms with E-state index in [1.807, 2.05) is 20.0 Å². The van der Waals surface area contributed by atoms with Crippen molar-refractivity contribution in [1.29, 1.82) is 0 Å². The molecule has 0 aromatic heterocycles. The minimum atomic E-state index is -1.66. The van der Waals surface area contributed by atoms with Gasteiger partial charge in [-0.2, -0.15) is 0 Å². The molecule has 24 heavy (non-hydrogen) atoms. The summed E-state index contributed by atoms with van der Waals surface area (Å²) < 4.78 is 15.5. The Morgan fingerprint density at radius 3 is 1.88 bits per heavy atom. The molecule has 140 valence electrons. The Bertz CT molecular complexity index is 433. The van der Waals surface area contributed by atoms with Crippen LogP contribution in [0.5, 0.6) is 0 Å². The lowest BCUT2D eigenvalue weighted by Gasteiger charge is -2.30. The van der Waals surface area contributed by atoms with Crippen LogP contribution in [0.25, 0.3) is 0 Å². The third-order valence-electron chi connectivity index (χ3n) is 3.73. The van der Waals surface area contributed by atoms with Crippen LogP contribution in [0.2, 0.25) is 13.1 Å². The maximum absolute atomic E-state index is 12.3. The van der Waals surface area contributed by atoms with Crippen LogP contribution in [0.4, 0.5) is 0 Å². The first-order valence-corrected chi connectivity index (χ1v) is 11.3. The largest absolute Gasteiger partial charge is 0.466 e. The number of hydrogen-bond donors (Lipinski definition) is 0. The highest BCUT2D eigenvalue weighted by atomic mass is 28.3. The van der Waals surface area contributed by atoms with E-state index in [9.17, 15) is 9.59 Å². The number of hydrogen-bond acceptors (Lipinski definition) is 5. The van der Waals surface area contributed by atoms with Crippen molar-refractivity contribution in [3.8, 4) is 0 Å². The first-order chi connectivity index (χ1) is 11.0. The van der Waals surface area contributed by atoms with Crippen molar-refractivity contribution in [2.24, 2.45) is 5.41 Å². The summed E-state index contributed by atoms with van der Waals surface area (Å²) >= 11 is 0. The van der Waals surface area contributed by atoms with Gasteiger partial charge in [0.2, 0.25) is 0 Å². The quantitative estimate of drug-likeness (QED) is 0.273. The van der Waals surface area contributed by atoms with Gasteiger partial charge in [0.05, 0.1) is 14.2 Å². The Morgan fingerprint density at radius 1 is 1.00 bits per heavy atom. The van der Waals surface area contributed by atoms with E-state index in [1.165, 1.54) is 14.2 Å². The number of rotatable bonds is 9. The van der Waals surface area contributed by atoms with Gasteiger partial charge in [0.25, 0.3) is 5.60 Å². The van der Waals surface area contributed by atoms with Gasteiger partial charge in [-0.05, 0) is 44.7 Å². The van der Waals surface area contributed by atoms with Crippen LogP contribution in [0.15, 0.2) is 11.6 Å². The zero-order chi connectivity index (χ0) is 19.0. The maximum Gasteiger partial charge on any atom is 0.348 e. The summed E-state index contributed by atoms with van der Waals surface area (Å²) in [6.07, 6.45) is 5.03. The number of ether oxygens (including phenoxy) is 2. The van der Waals surface area contributed by atoms with E-state index in [2.05, 4.69) is 26.8 Å². The summed E-state index contributed by atoms with van der Waals surface area (Å²) in [5.41, 5.74) is -0.237. The number of carbonyl (C=O) groups is 2. The summed E-state index contributed by atoms with van der Waals surface area (Å²) in [6.45, 7) is 12.4. The standard InChI is InChI=1S/C18H34O5Si/c1-14(10-9-12-17(2,3)4)11-13-18(15(19)21-5,16(20)22-6)23-24(7)8/h10,24H,9,11-13H2,1-8H3. The average molecular weight is 359 g/mol. The number of allylic oxidation sites excluding steroid dienone is 2. The predicted octanol–water partition coefficient (Wildman–Crippen LogP) is 3.62. The molecule has 5 nitrogen and oxygen atoms in total. The van der Waals surface area contributed by atoms with Crippen molar-refractivity contribution in [3.05, 3.63) is 11.6 Å². The third kappa shape index (κ3) is 7.62. The maximum atomic E-state index is 12.3. The molecule has 0 atom stereocenters. The van der Waals surface area contributed by atoms with Crippen LogP contribution in [-0.4, -0.2) is 40.8 Å². The fraction of sp³-hybridized carbons (Fsp3) is 0.778. The lowest BCUT2D eigenvalue weighted by Crippen LogP contribution is -2.52. The molecule has 6 heteroatoms. The molecule has 0 amide bonds. The zero-order valence-electron chi connectivity index (χ0n) is 16.5. The van der Waals surface area contributed by atoms with E-state index in [1.54, 1.807) is 0 Å². The molecule has 0 radical (unpaired) electrons. The molecule has 0 saturated heterocycles. The highest BCUT2D eigenvalue weighted by molar-refractivity contribution is 6.49. The van der Waals surface area contributed by atoms with Crippen LogP contribution in [0.3, 0.4) is 0 Å². The van der Waals surface area contributed by atoms with Crippen LogP contribution in [0, 0.1) is 5.41 Å². The smallest absolute Gasteiger partial charge is 0.348 e. The second-order valence-electron chi connectivity index (χ2n) is 7.63. The van der Waals surface area contributed by atoms with Gasteiger partial charge in [0.1, 0.15) is 0 Å². The van der Waals surface area contributed by atoms with Crippen molar-refractivity contribution in [2.75, 3.05) is 14.2 Å². The topological polar surface area (TPSA) is 61.8 Å². The molecule has 0 fully saturated rings. The van der Waals surface area contributed by atoms with Crippen LogP contribution < -0.4 is 0 Å². The van der Waals surface area contributed by atoms with E-state index in [0.717, 1.165) is 18.4 Å². The summed E-state index contributed by atoms with van der Waals surface area (Å²) in [4.78, 5) is 24.6. The molecule has 0 saturated carbocycles. The molecule has 0 rings (SSSR count). The van der Waals surface area contributed by atoms with Gasteiger partial charge in [0.15, 0.2) is 9.04 Å².